The Balaban J connectivity index is 2.73. The maximum absolute atomic E-state index is 5.57. The summed E-state index contributed by atoms with van der Waals surface area (Å²) >= 11 is 4.96. The lowest BCUT2D eigenvalue weighted by molar-refractivity contribution is 0.645. The van der Waals surface area contributed by atoms with Gasteiger partial charge in [0.05, 0.1) is 5.01 Å². The summed E-state index contributed by atoms with van der Waals surface area (Å²) in [7, 11) is 0. The van der Waals surface area contributed by atoms with Crippen LogP contribution in [0.15, 0.2) is 3.79 Å². The van der Waals surface area contributed by atoms with Crippen LogP contribution < -0.4 is 5.73 Å². The molecule has 4 heteroatoms. The van der Waals surface area contributed by atoms with Crippen LogP contribution in [0.25, 0.3) is 0 Å². The molecule has 0 aliphatic heterocycles. The van der Waals surface area contributed by atoms with E-state index in [1.807, 2.05) is 0 Å². The van der Waals surface area contributed by atoms with Gasteiger partial charge in [0.15, 0.2) is 0 Å². The van der Waals surface area contributed by atoms with E-state index < -0.39 is 0 Å². The zero-order chi connectivity index (χ0) is 8.43. The molecule has 2 N–H and O–H groups in total. The first-order chi connectivity index (χ1) is 5.09. The molecule has 0 unspecified atom stereocenters. The van der Waals surface area contributed by atoms with Crippen molar-refractivity contribution in [1.82, 2.24) is 4.98 Å². The summed E-state index contributed by atoms with van der Waals surface area (Å²) in [5.74, 6) is 1.26. The van der Waals surface area contributed by atoms with E-state index in [2.05, 4.69) is 34.8 Å². The summed E-state index contributed by atoms with van der Waals surface area (Å²) < 4.78 is 0.952. The fourth-order valence-corrected chi connectivity index (χ4v) is 2.36. The first kappa shape index (κ1) is 9.00. The largest absolute Gasteiger partial charge is 0.382 e. The van der Waals surface area contributed by atoms with Crippen LogP contribution in [0, 0.1) is 5.92 Å². The Kier molecular flexibility index (Phi) is 2.90. The van der Waals surface area contributed by atoms with Crippen molar-refractivity contribution in [2.75, 3.05) is 5.73 Å². The molecule has 11 heavy (non-hydrogen) atoms. The minimum Gasteiger partial charge on any atom is -0.382 e. The summed E-state index contributed by atoms with van der Waals surface area (Å²) in [4.78, 5) is 4.20. The number of hydrogen-bond donors (Lipinski definition) is 1. The number of halogens is 1. The highest BCUT2D eigenvalue weighted by Crippen LogP contribution is 2.27. The van der Waals surface area contributed by atoms with E-state index in [1.54, 1.807) is 11.3 Å². The van der Waals surface area contributed by atoms with Crippen molar-refractivity contribution in [2.24, 2.45) is 5.92 Å². The summed E-state index contributed by atoms with van der Waals surface area (Å²) in [6.45, 7) is 4.34. The molecule has 0 amide bonds. The molecule has 2 nitrogen and oxygen atoms in total. The number of rotatable bonds is 2. The smallest absolute Gasteiger partial charge is 0.149 e. The Bertz CT molecular complexity index is 225. The van der Waals surface area contributed by atoms with Gasteiger partial charge in [-0.3, -0.25) is 0 Å². The van der Waals surface area contributed by atoms with Gasteiger partial charge in [-0.25, -0.2) is 4.98 Å². The van der Waals surface area contributed by atoms with Crippen LogP contribution in [0.1, 0.15) is 18.9 Å². The van der Waals surface area contributed by atoms with Crippen molar-refractivity contribution in [2.45, 2.75) is 20.3 Å². The van der Waals surface area contributed by atoms with Crippen LogP contribution in [-0.2, 0) is 6.42 Å². The molecule has 0 saturated heterocycles. The monoisotopic (exact) mass is 234 g/mol. The van der Waals surface area contributed by atoms with E-state index in [0.29, 0.717) is 11.7 Å². The third-order valence-corrected chi connectivity index (χ3v) is 3.01. The maximum Gasteiger partial charge on any atom is 0.149 e. The minimum atomic E-state index is 0.616. The molecule has 0 aromatic carbocycles. The Morgan fingerprint density at radius 2 is 2.27 bits per heavy atom. The zero-order valence-electron chi connectivity index (χ0n) is 6.60. The van der Waals surface area contributed by atoms with Gasteiger partial charge in [-0.05, 0) is 21.8 Å². The molecule has 1 rings (SSSR count). The van der Waals surface area contributed by atoms with Gasteiger partial charge in [0, 0.05) is 6.42 Å². The van der Waals surface area contributed by atoms with Crippen molar-refractivity contribution in [3.8, 4) is 0 Å². The third kappa shape index (κ3) is 2.45. The normalized spacial score (nSPS) is 10.9. The quantitative estimate of drug-likeness (QED) is 0.855. The van der Waals surface area contributed by atoms with E-state index in [-0.39, 0.29) is 0 Å². The average molecular weight is 235 g/mol. The lowest BCUT2D eigenvalue weighted by Crippen LogP contribution is -1.93. The van der Waals surface area contributed by atoms with E-state index >= 15 is 0 Å². The van der Waals surface area contributed by atoms with Gasteiger partial charge in [0.1, 0.15) is 9.60 Å². The summed E-state index contributed by atoms with van der Waals surface area (Å²) in [5.41, 5.74) is 5.57. The molecular weight excluding hydrogens is 224 g/mol. The molecular formula is C7H11BrN2S. The standard InChI is InChI=1S/C7H11BrN2S/c1-4(2)3-5-10-7(9)6(8)11-5/h4H,3,9H2,1-2H3. The van der Waals surface area contributed by atoms with Crippen molar-refractivity contribution in [3.05, 3.63) is 8.79 Å². The second-order valence-electron chi connectivity index (χ2n) is 2.86. The Morgan fingerprint density at radius 3 is 2.64 bits per heavy atom. The first-order valence-corrected chi connectivity index (χ1v) is 5.11. The molecule has 1 aromatic heterocycles. The number of nitrogen functional groups attached to an aromatic ring is 1. The van der Waals surface area contributed by atoms with Crippen molar-refractivity contribution < 1.29 is 0 Å². The van der Waals surface area contributed by atoms with Crippen LogP contribution >= 0.6 is 27.3 Å². The number of aromatic nitrogens is 1. The average Bonchev–Trinajstić information content (AvgIpc) is 2.10. The molecule has 0 aliphatic rings. The van der Waals surface area contributed by atoms with E-state index in [4.69, 9.17) is 5.73 Å². The number of anilines is 1. The van der Waals surface area contributed by atoms with E-state index in [9.17, 15) is 0 Å². The molecule has 0 radical (unpaired) electrons. The van der Waals surface area contributed by atoms with Crippen LogP contribution in [0.5, 0.6) is 0 Å². The van der Waals surface area contributed by atoms with E-state index in [1.165, 1.54) is 0 Å². The van der Waals surface area contributed by atoms with Gasteiger partial charge in [-0.2, -0.15) is 0 Å². The fourth-order valence-electron chi connectivity index (χ4n) is 0.793. The molecule has 1 heterocycles. The van der Waals surface area contributed by atoms with Crippen LogP contribution in [-0.4, -0.2) is 4.98 Å². The highest BCUT2D eigenvalue weighted by Gasteiger charge is 2.06. The predicted octanol–water partition coefficient (Wildman–Crippen LogP) is 2.69. The zero-order valence-corrected chi connectivity index (χ0v) is 9.00. The Hall–Kier alpha value is -0.0900. The summed E-state index contributed by atoms with van der Waals surface area (Å²) in [6.07, 6.45) is 1.01. The molecule has 0 spiro atoms. The number of thiazole rings is 1. The highest BCUT2D eigenvalue weighted by atomic mass is 79.9. The molecule has 0 atom stereocenters. The van der Waals surface area contributed by atoms with E-state index in [0.717, 1.165) is 15.2 Å². The Labute approximate surface area is 79.0 Å². The second kappa shape index (κ2) is 3.54. The van der Waals surface area contributed by atoms with Gasteiger partial charge >= 0.3 is 0 Å². The lowest BCUT2D eigenvalue weighted by atomic mass is 10.1. The number of nitrogens with two attached hydrogens (primary N) is 1. The predicted molar refractivity (Wildman–Crippen MR) is 52.8 cm³/mol. The maximum atomic E-state index is 5.57. The molecule has 0 aliphatic carbocycles. The van der Waals surface area contributed by atoms with Crippen molar-refractivity contribution in [3.63, 3.8) is 0 Å². The number of hydrogen-bond acceptors (Lipinski definition) is 3. The highest BCUT2D eigenvalue weighted by molar-refractivity contribution is 9.11. The molecule has 0 fully saturated rings. The Morgan fingerprint density at radius 1 is 1.64 bits per heavy atom. The first-order valence-electron chi connectivity index (χ1n) is 3.50. The third-order valence-electron chi connectivity index (χ3n) is 1.24. The molecule has 1 aromatic rings. The van der Waals surface area contributed by atoms with Crippen molar-refractivity contribution >= 4 is 33.1 Å². The van der Waals surface area contributed by atoms with Gasteiger partial charge in [0.25, 0.3) is 0 Å². The van der Waals surface area contributed by atoms with Crippen LogP contribution in [0.3, 0.4) is 0 Å². The SMILES string of the molecule is CC(C)Cc1nc(N)c(Br)s1. The second-order valence-corrected chi connectivity index (χ2v) is 5.27. The molecule has 0 bridgehead atoms. The van der Waals surface area contributed by atoms with Gasteiger partial charge in [-0.1, -0.05) is 13.8 Å². The van der Waals surface area contributed by atoms with Gasteiger partial charge in [0.2, 0.25) is 0 Å². The summed E-state index contributed by atoms with van der Waals surface area (Å²) in [5, 5.41) is 1.12. The molecule has 0 saturated carbocycles. The molecule has 62 valence electrons. The minimum absolute atomic E-state index is 0.616. The van der Waals surface area contributed by atoms with Gasteiger partial charge in [-0.15, -0.1) is 11.3 Å². The van der Waals surface area contributed by atoms with Crippen LogP contribution in [0.2, 0.25) is 0 Å². The van der Waals surface area contributed by atoms with Crippen LogP contribution in [0.4, 0.5) is 5.82 Å². The van der Waals surface area contributed by atoms with Gasteiger partial charge < -0.3 is 5.73 Å². The number of nitrogens with zero attached hydrogens (tertiary/aromatic N) is 1. The summed E-state index contributed by atoms with van der Waals surface area (Å²) in [6, 6.07) is 0. The fraction of sp³-hybridized carbons (Fsp3) is 0.571. The topological polar surface area (TPSA) is 38.9 Å². The van der Waals surface area contributed by atoms with Crippen molar-refractivity contribution in [1.29, 1.82) is 0 Å². The lowest BCUT2D eigenvalue weighted by Gasteiger charge is -1.97.